The lowest BCUT2D eigenvalue weighted by Crippen LogP contribution is -2.26. The third kappa shape index (κ3) is 2.20. The van der Waals surface area contributed by atoms with Crippen molar-refractivity contribution in [3.8, 4) is 0 Å². The topological polar surface area (TPSA) is 71.2 Å². The Hall–Kier alpha value is -2.30. The molecular formula is C13H14N2O3. The van der Waals surface area contributed by atoms with Crippen molar-refractivity contribution in [2.75, 3.05) is 13.7 Å². The Bertz CT molecular complexity index is 562. The Balaban J connectivity index is 2.40. The zero-order valence-electron chi connectivity index (χ0n) is 9.97. The lowest BCUT2D eigenvalue weighted by Gasteiger charge is -2.13. The van der Waals surface area contributed by atoms with Crippen LogP contribution in [0.3, 0.4) is 0 Å². The molecular weight excluding hydrogens is 232 g/mol. The number of methoxy groups -OCH3 is 1. The SMILES string of the molecule is COC(=O)C(CNC=O)c1c[nH]c2ccccc12. The largest absolute Gasteiger partial charge is 0.468 e. The van der Waals surface area contributed by atoms with Crippen LogP contribution in [0.25, 0.3) is 10.9 Å². The molecule has 0 saturated heterocycles. The van der Waals surface area contributed by atoms with Crippen LogP contribution in [0.2, 0.25) is 0 Å². The number of hydrogen-bond donors (Lipinski definition) is 2. The molecule has 1 heterocycles. The summed E-state index contributed by atoms with van der Waals surface area (Å²) in [7, 11) is 1.34. The van der Waals surface area contributed by atoms with Crippen LogP contribution in [-0.2, 0) is 14.3 Å². The molecule has 18 heavy (non-hydrogen) atoms. The molecule has 0 bridgehead atoms. The van der Waals surface area contributed by atoms with Crippen LogP contribution in [0.15, 0.2) is 30.5 Å². The van der Waals surface area contributed by atoms with Crippen LogP contribution >= 0.6 is 0 Å². The van der Waals surface area contributed by atoms with Gasteiger partial charge >= 0.3 is 5.97 Å². The van der Waals surface area contributed by atoms with Gasteiger partial charge in [-0.3, -0.25) is 9.59 Å². The second kappa shape index (κ2) is 5.35. The second-order valence-electron chi connectivity index (χ2n) is 3.89. The molecule has 0 aliphatic rings. The summed E-state index contributed by atoms with van der Waals surface area (Å²) in [5, 5.41) is 3.48. The summed E-state index contributed by atoms with van der Waals surface area (Å²) in [6, 6.07) is 7.68. The Kier molecular flexibility index (Phi) is 3.62. The third-order valence-electron chi connectivity index (χ3n) is 2.89. The molecule has 5 nitrogen and oxygen atoms in total. The van der Waals surface area contributed by atoms with E-state index in [9.17, 15) is 9.59 Å². The fraction of sp³-hybridized carbons (Fsp3) is 0.231. The molecule has 2 rings (SSSR count). The van der Waals surface area contributed by atoms with E-state index in [0.29, 0.717) is 6.41 Å². The Morgan fingerprint density at radius 3 is 3.00 bits per heavy atom. The first-order chi connectivity index (χ1) is 8.77. The van der Waals surface area contributed by atoms with E-state index in [0.717, 1.165) is 16.5 Å². The molecule has 0 aliphatic carbocycles. The Morgan fingerprint density at radius 1 is 1.50 bits per heavy atom. The van der Waals surface area contributed by atoms with Gasteiger partial charge < -0.3 is 15.0 Å². The number of fused-ring (bicyclic) bond motifs is 1. The molecule has 1 unspecified atom stereocenters. The predicted octanol–water partition coefficient (Wildman–Crippen LogP) is 1.17. The number of esters is 1. The van der Waals surface area contributed by atoms with E-state index in [-0.39, 0.29) is 12.5 Å². The number of H-pyrrole nitrogens is 1. The number of aromatic nitrogens is 1. The molecule has 0 saturated carbocycles. The van der Waals surface area contributed by atoms with Gasteiger partial charge in [0.25, 0.3) is 0 Å². The fourth-order valence-corrected chi connectivity index (χ4v) is 2.01. The lowest BCUT2D eigenvalue weighted by molar-refractivity contribution is -0.142. The van der Waals surface area contributed by atoms with Crippen LogP contribution in [0, 0.1) is 0 Å². The van der Waals surface area contributed by atoms with Gasteiger partial charge in [0.15, 0.2) is 0 Å². The molecule has 5 heteroatoms. The normalized spacial score (nSPS) is 12.1. The number of carbonyl (C=O) groups excluding carboxylic acids is 2. The van der Waals surface area contributed by atoms with Crippen LogP contribution in [0.4, 0.5) is 0 Å². The van der Waals surface area contributed by atoms with Crippen LogP contribution in [-0.4, -0.2) is 31.0 Å². The van der Waals surface area contributed by atoms with E-state index >= 15 is 0 Å². The summed E-state index contributed by atoms with van der Waals surface area (Å²) >= 11 is 0. The summed E-state index contributed by atoms with van der Waals surface area (Å²) in [5.74, 6) is -0.870. The zero-order chi connectivity index (χ0) is 13.0. The first-order valence-corrected chi connectivity index (χ1v) is 5.58. The second-order valence-corrected chi connectivity index (χ2v) is 3.89. The maximum Gasteiger partial charge on any atom is 0.315 e. The minimum Gasteiger partial charge on any atom is -0.468 e. The number of hydrogen-bond acceptors (Lipinski definition) is 3. The predicted molar refractivity (Wildman–Crippen MR) is 67.1 cm³/mol. The molecule has 2 N–H and O–H groups in total. The van der Waals surface area contributed by atoms with Crippen LogP contribution in [0.5, 0.6) is 0 Å². The van der Waals surface area contributed by atoms with E-state index in [1.54, 1.807) is 6.20 Å². The molecule has 1 atom stereocenters. The molecule has 94 valence electrons. The fourth-order valence-electron chi connectivity index (χ4n) is 2.01. The first-order valence-electron chi connectivity index (χ1n) is 5.58. The molecule has 0 fully saturated rings. The van der Waals surface area contributed by atoms with Gasteiger partial charge in [0.05, 0.1) is 7.11 Å². The highest BCUT2D eigenvalue weighted by Crippen LogP contribution is 2.26. The highest BCUT2D eigenvalue weighted by Gasteiger charge is 2.23. The number of benzene rings is 1. The minimum atomic E-state index is -0.503. The number of para-hydroxylation sites is 1. The van der Waals surface area contributed by atoms with Gasteiger partial charge in [-0.2, -0.15) is 0 Å². The maximum absolute atomic E-state index is 11.8. The van der Waals surface area contributed by atoms with Gasteiger partial charge in [0.1, 0.15) is 5.92 Å². The number of ether oxygens (including phenoxy) is 1. The van der Waals surface area contributed by atoms with Crippen molar-refractivity contribution in [1.82, 2.24) is 10.3 Å². The summed E-state index contributed by atoms with van der Waals surface area (Å²) < 4.78 is 4.77. The molecule has 0 radical (unpaired) electrons. The smallest absolute Gasteiger partial charge is 0.315 e. The molecule has 0 spiro atoms. The molecule has 0 aliphatic heterocycles. The first kappa shape index (κ1) is 12.2. The van der Waals surface area contributed by atoms with Crippen molar-refractivity contribution in [3.05, 3.63) is 36.0 Å². The molecule has 1 aromatic heterocycles. The summed E-state index contributed by atoms with van der Waals surface area (Å²) in [6.07, 6.45) is 2.35. The highest BCUT2D eigenvalue weighted by atomic mass is 16.5. The van der Waals surface area contributed by atoms with E-state index in [2.05, 4.69) is 10.3 Å². The molecule has 1 aromatic carbocycles. The number of nitrogens with one attached hydrogen (secondary N) is 2. The lowest BCUT2D eigenvalue weighted by atomic mass is 9.98. The summed E-state index contributed by atoms with van der Waals surface area (Å²) in [5.41, 5.74) is 1.78. The van der Waals surface area contributed by atoms with Gasteiger partial charge in [0, 0.05) is 23.6 Å². The minimum absolute atomic E-state index is 0.220. The van der Waals surface area contributed by atoms with Crippen LogP contribution in [0.1, 0.15) is 11.5 Å². The van der Waals surface area contributed by atoms with Crippen molar-refractivity contribution in [3.63, 3.8) is 0 Å². The van der Waals surface area contributed by atoms with Gasteiger partial charge in [-0.1, -0.05) is 18.2 Å². The summed E-state index contributed by atoms with van der Waals surface area (Å²) in [6.45, 7) is 0.220. The number of rotatable bonds is 5. The zero-order valence-corrected chi connectivity index (χ0v) is 9.97. The van der Waals surface area contributed by atoms with Gasteiger partial charge in [0.2, 0.25) is 6.41 Å². The van der Waals surface area contributed by atoms with Crippen molar-refractivity contribution in [1.29, 1.82) is 0 Å². The maximum atomic E-state index is 11.8. The van der Waals surface area contributed by atoms with Crippen LogP contribution < -0.4 is 5.32 Å². The van der Waals surface area contributed by atoms with Gasteiger partial charge in [-0.25, -0.2) is 0 Å². The standard InChI is InChI=1S/C13H14N2O3/c1-18-13(17)11(6-14-8-16)10-7-15-12-5-3-2-4-9(10)12/h2-5,7-8,11,15H,6H2,1H3,(H,14,16). The van der Waals surface area contributed by atoms with E-state index in [1.807, 2.05) is 24.3 Å². The monoisotopic (exact) mass is 246 g/mol. The quantitative estimate of drug-likeness (QED) is 0.614. The number of aromatic amines is 1. The van der Waals surface area contributed by atoms with Crippen molar-refractivity contribution in [2.24, 2.45) is 0 Å². The Labute approximate surface area is 104 Å². The average molecular weight is 246 g/mol. The molecule has 1 amide bonds. The summed E-state index contributed by atoms with van der Waals surface area (Å²) in [4.78, 5) is 25.3. The van der Waals surface area contributed by atoms with E-state index < -0.39 is 5.92 Å². The number of amides is 1. The Morgan fingerprint density at radius 2 is 2.28 bits per heavy atom. The highest BCUT2D eigenvalue weighted by molar-refractivity contribution is 5.90. The van der Waals surface area contributed by atoms with Gasteiger partial charge in [-0.05, 0) is 11.6 Å². The van der Waals surface area contributed by atoms with E-state index in [4.69, 9.17) is 4.74 Å². The van der Waals surface area contributed by atoms with Crippen molar-refractivity contribution in [2.45, 2.75) is 5.92 Å². The third-order valence-corrected chi connectivity index (χ3v) is 2.89. The van der Waals surface area contributed by atoms with Gasteiger partial charge in [-0.15, -0.1) is 0 Å². The van der Waals surface area contributed by atoms with Crippen molar-refractivity contribution >= 4 is 23.3 Å². The number of carbonyl (C=O) groups is 2. The van der Waals surface area contributed by atoms with Crippen molar-refractivity contribution < 1.29 is 14.3 Å². The average Bonchev–Trinajstić information content (AvgIpc) is 2.83. The molecule has 2 aromatic rings. The van der Waals surface area contributed by atoms with E-state index in [1.165, 1.54) is 7.11 Å².